The van der Waals surface area contributed by atoms with E-state index in [1.54, 1.807) is 0 Å². The summed E-state index contributed by atoms with van der Waals surface area (Å²) >= 11 is 9.94. The van der Waals surface area contributed by atoms with Crippen molar-refractivity contribution in [1.29, 1.82) is 0 Å². The van der Waals surface area contributed by atoms with Crippen LogP contribution in [0.2, 0.25) is 5.02 Å². The summed E-state index contributed by atoms with van der Waals surface area (Å²) in [5, 5.41) is 6.08. The topological polar surface area (TPSA) is 17.8 Å². The Bertz CT molecular complexity index is 560. The standard InChI is InChI=1S/C15H18BrClN2/c1-10-4-6-12(7-5-10)13(9-16)8-14-15(17)11(2)18-19(14)3/h4-7,13H,8-9H2,1-3H3. The van der Waals surface area contributed by atoms with E-state index in [2.05, 4.69) is 52.2 Å². The molecule has 2 nitrogen and oxygen atoms in total. The highest BCUT2D eigenvalue weighted by atomic mass is 79.9. The van der Waals surface area contributed by atoms with Crippen molar-refractivity contribution >= 4 is 27.5 Å². The van der Waals surface area contributed by atoms with Gasteiger partial charge in [-0.25, -0.2) is 0 Å². The number of hydrogen-bond donors (Lipinski definition) is 0. The second-order valence-corrected chi connectivity index (χ2v) is 5.96. The molecule has 102 valence electrons. The van der Waals surface area contributed by atoms with Crippen LogP contribution in [0, 0.1) is 13.8 Å². The monoisotopic (exact) mass is 340 g/mol. The summed E-state index contributed by atoms with van der Waals surface area (Å²) in [6.45, 7) is 4.05. The van der Waals surface area contributed by atoms with E-state index in [0.717, 1.165) is 28.2 Å². The number of rotatable bonds is 4. The van der Waals surface area contributed by atoms with Gasteiger partial charge in [0.1, 0.15) is 0 Å². The fourth-order valence-corrected chi connectivity index (χ4v) is 3.08. The summed E-state index contributed by atoms with van der Waals surface area (Å²) in [4.78, 5) is 0. The van der Waals surface area contributed by atoms with Crippen LogP contribution in [0.25, 0.3) is 0 Å². The third-order valence-electron chi connectivity index (χ3n) is 3.44. The van der Waals surface area contributed by atoms with Crippen molar-refractivity contribution in [3.63, 3.8) is 0 Å². The second kappa shape index (κ2) is 6.10. The number of alkyl halides is 1. The maximum atomic E-state index is 6.33. The van der Waals surface area contributed by atoms with Gasteiger partial charge in [-0.3, -0.25) is 4.68 Å². The van der Waals surface area contributed by atoms with E-state index in [9.17, 15) is 0 Å². The van der Waals surface area contributed by atoms with Crippen molar-refractivity contribution in [3.8, 4) is 0 Å². The zero-order chi connectivity index (χ0) is 14.0. The second-order valence-electron chi connectivity index (χ2n) is 4.94. The van der Waals surface area contributed by atoms with Gasteiger partial charge in [-0.15, -0.1) is 0 Å². The molecule has 0 amide bonds. The van der Waals surface area contributed by atoms with Gasteiger partial charge in [0, 0.05) is 12.4 Å². The first kappa shape index (κ1) is 14.6. The molecule has 0 radical (unpaired) electrons. The molecule has 0 saturated heterocycles. The fourth-order valence-electron chi connectivity index (χ4n) is 2.24. The van der Waals surface area contributed by atoms with Crippen LogP contribution in [0.4, 0.5) is 0 Å². The van der Waals surface area contributed by atoms with Crippen LogP contribution in [0.1, 0.15) is 28.4 Å². The van der Waals surface area contributed by atoms with E-state index >= 15 is 0 Å². The molecular weight excluding hydrogens is 324 g/mol. The predicted octanol–water partition coefficient (Wildman–Crippen LogP) is 4.41. The van der Waals surface area contributed by atoms with Crippen LogP contribution < -0.4 is 0 Å². The molecule has 0 N–H and O–H groups in total. The summed E-state index contributed by atoms with van der Waals surface area (Å²) in [6.07, 6.45) is 0.893. The molecule has 4 heteroatoms. The van der Waals surface area contributed by atoms with Crippen molar-refractivity contribution in [2.75, 3.05) is 5.33 Å². The molecule has 1 aromatic heterocycles. The van der Waals surface area contributed by atoms with Gasteiger partial charge in [-0.2, -0.15) is 5.10 Å². The van der Waals surface area contributed by atoms with Crippen LogP contribution in [-0.4, -0.2) is 15.1 Å². The first-order valence-electron chi connectivity index (χ1n) is 6.33. The number of benzene rings is 1. The van der Waals surface area contributed by atoms with Gasteiger partial charge >= 0.3 is 0 Å². The van der Waals surface area contributed by atoms with Crippen LogP contribution in [0.5, 0.6) is 0 Å². The molecule has 0 aliphatic carbocycles. The van der Waals surface area contributed by atoms with E-state index in [-0.39, 0.29) is 0 Å². The zero-order valence-electron chi connectivity index (χ0n) is 11.5. The Hall–Kier alpha value is -0.800. The Morgan fingerprint density at radius 2 is 1.89 bits per heavy atom. The maximum Gasteiger partial charge on any atom is 0.0847 e. The van der Waals surface area contributed by atoms with Gasteiger partial charge < -0.3 is 0 Å². The van der Waals surface area contributed by atoms with Crippen molar-refractivity contribution in [1.82, 2.24) is 9.78 Å². The zero-order valence-corrected chi connectivity index (χ0v) is 13.8. The number of nitrogens with zero attached hydrogens (tertiary/aromatic N) is 2. The van der Waals surface area contributed by atoms with Crippen LogP contribution >= 0.6 is 27.5 Å². The molecule has 1 aromatic carbocycles. The van der Waals surface area contributed by atoms with E-state index in [4.69, 9.17) is 11.6 Å². The Labute approximate surface area is 127 Å². The lowest BCUT2D eigenvalue weighted by Crippen LogP contribution is -2.08. The van der Waals surface area contributed by atoms with Crippen molar-refractivity contribution < 1.29 is 0 Å². The largest absolute Gasteiger partial charge is 0.271 e. The highest BCUT2D eigenvalue weighted by Gasteiger charge is 2.17. The van der Waals surface area contributed by atoms with Crippen LogP contribution in [0.15, 0.2) is 24.3 Å². The molecular formula is C15H18BrClN2. The minimum atomic E-state index is 0.410. The van der Waals surface area contributed by atoms with E-state index < -0.39 is 0 Å². The molecule has 0 saturated carbocycles. The number of aryl methyl sites for hydroxylation is 3. The lowest BCUT2D eigenvalue weighted by molar-refractivity contribution is 0.660. The summed E-state index contributed by atoms with van der Waals surface area (Å²) in [6, 6.07) is 8.69. The Morgan fingerprint density at radius 3 is 2.37 bits per heavy atom. The third kappa shape index (κ3) is 3.21. The molecule has 2 aromatic rings. The van der Waals surface area contributed by atoms with Crippen molar-refractivity contribution in [2.24, 2.45) is 7.05 Å². The highest BCUT2D eigenvalue weighted by molar-refractivity contribution is 9.09. The normalized spacial score (nSPS) is 12.7. The van der Waals surface area contributed by atoms with Gasteiger partial charge in [0.05, 0.1) is 16.4 Å². The number of hydrogen-bond acceptors (Lipinski definition) is 1. The lowest BCUT2D eigenvalue weighted by Gasteiger charge is -2.15. The van der Waals surface area contributed by atoms with Gasteiger partial charge in [-0.1, -0.05) is 57.4 Å². The molecule has 0 aliphatic heterocycles. The average molecular weight is 342 g/mol. The number of aromatic nitrogens is 2. The molecule has 19 heavy (non-hydrogen) atoms. The molecule has 1 atom stereocenters. The van der Waals surface area contributed by atoms with E-state index in [0.29, 0.717) is 5.92 Å². The van der Waals surface area contributed by atoms with Gasteiger partial charge in [0.15, 0.2) is 0 Å². The van der Waals surface area contributed by atoms with Gasteiger partial charge in [0.2, 0.25) is 0 Å². The van der Waals surface area contributed by atoms with Crippen LogP contribution in [-0.2, 0) is 13.5 Å². The molecule has 1 heterocycles. The first-order valence-corrected chi connectivity index (χ1v) is 7.83. The minimum absolute atomic E-state index is 0.410. The number of halogens is 2. The van der Waals surface area contributed by atoms with E-state index in [1.807, 2.05) is 18.7 Å². The molecule has 1 unspecified atom stereocenters. The molecule has 0 aliphatic rings. The van der Waals surface area contributed by atoms with Crippen molar-refractivity contribution in [3.05, 3.63) is 51.8 Å². The quantitative estimate of drug-likeness (QED) is 0.753. The van der Waals surface area contributed by atoms with Gasteiger partial charge in [0.25, 0.3) is 0 Å². The predicted molar refractivity (Wildman–Crippen MR) is 84.4 cm³/mol. The molecule has 0 fully saturated rings. The Morgan fingerprint density at radius 1 is 1.26 bits per heavy atom. The summed E-state index contributed by atoms with van der Waals surface area (Å²) in [5.74, 6) is 0.410. The first-order chi connectivity index (χ1) is 9.02. The van der Waals surface area contributed by atoms with Crippen molar-refractivity contribution in [2.45, 2.75) is 26.2 Å². The SMILES string of the molecule is Cc1ccc(C(CBr)Cc2c(Cl)c(C)nn2C)cc1. The minimum Gasteiger partial charge on any atom is -0.271 e. The Balaban J connectivity index is 2.26. The molecule has 0 spiro atoms. The summed E-state index contributed by atoms with van der Waals surface area (Å²) in [7, 11) is 1.95. The smallest absolute Gasteiger partial charge is 0.0847 e. The average Bonchev–Trinajstić information content (AvgIpc) is 2.63. The van der Waals surface area contributed by atoms with Crippen LogP contribution in [0.3, 0.4) is 0 Å². The molecule has 2 rings (SSSR count). The Kier molecular flexibility index (Phi) is 4.69. The summed E-state index contributed by atoms with van der Waals surface area (Å²) < 4.78 is 1.89. The maximum absolute atomic E-state index is 6.33. The lowest BCUT2D eigenvalue weighted by atomic mass is 9.95. The molecule has 0 bridgehead atoms. The van der Waals surface area contributed by atoms with Gasteiger partial charge in [-0.05, 0) is 31.7 Å². The highest BCUT2D eigenvalue weighted by Crippen LogP contribution is 2.28. The summed E-state index contributed by atoms with van der Waals surface area (Å²) in [5.41, 5.74) is 4.62. The van der Waals surface area contributed by atoms with E-state index in [1.165, 1.54) is 11.1 Å². The third-order valence-corrected chi connectivity index (χ3v) is 4.71. The fraction of sp³-hybridized carbons (Fsp3) is 0.400.